The van der Waals surface area contributed by atoms with E-state index >= 15 is 0 Å². The number of ether oxygens (including phenoxy) is 1. The van der Waals surface area contributed by atoms with Crippen LogP contribution in [0, 0.1) is 12.7 Å². The first-order valence-electron chi connectivity index (χ1n) is 8.23. The maximum atomic E-state index is 13.3. The van der Waals surface area contributed by atoms with E-state index in [0.29, 0.717) is 18.0 Å². The van der Waals surface area contributed by atoms with Crippen LogP contribution in [0.2, 0.25) is 0 Å². The number of anilines is 1. The van der Waals surface area contributed by atoms with Gasteiger partial charge in [-0.25, -0.2) is 12.8 Å². The standard InChI is InChI=1S/C19H20FNO5S/c1-3-26-18-7-5-4-6-16(18)21-19(23)12-27(24,25)11-17(22)14-8-9-15(20)13(2)10-14/h4-10H,3,11-12H2,1-2H3,(H,21,23). The van der Waals surface area contributed by atoms with Crippen molar-refractivity contribution in [2.45, 2.75) is 13.8 Å². The summed E-state index contributed by atoms with van der Waals surface area (Å²) in [5.74, 6) is -3.21. The minimum Gasteiger partial charge on any atom is -0.492 e. The summed E-state index contributed by atoms with van der Waals surface area (Å²) in [5, 5.41) is 2.48. The SMILES string of the molecule is CCOc1ccccc1NC(=O)CS(=O)(=O)CC(=O)c1ccc(F)c(C)c1. The van der Waals surface area contributed by atoms with Crippen molar-refractivity contribution in [3.8, 4) is 5.75 Å². The van der Waals surface area contributed by atoms with Crippen LogP contribution < -0.4 is 10.1 Å². The second-order valence-corrected chi connectivity index (χ2v) is 7.96. The number of hydrogen-bond donors (Lipinski definition) is 1. The first-order chi connectivity index (χ1) is 12.7. The highest BCUT2D eigenvalue weighted by Crippen LogP contribution is 2.23. The number of para-hydroxylation sites is 2. The van der Waals surface area contributed by atoms with E-state index in [4.69, 9.17) is 4.74 Å². The van der Waals surface area contributed by atoms with Crippen LogP contribution in [0.5, 0.6) is 5.75 Å². The molecule has 0 aliphatic heterocycles. The van der Waals surface area contributed by atoms with Crippen LogP contribution in [0.25, 0.3) is 0 Å². The molecule has 8 heteroatoms. The fraction of sp³-hybridized carbons (Fsp3) is 0.263. The van der Waals surface area contributed by atoms with Crippen molar-refractivity contribution in [2.24, 2.45) is 0 Å². The van der Waals surface area contributed by atoms with Gasteiger partial charge >= 0.3 is 0 Å². The third-order valence-electron chi connectivity index (χ3n) is 3.64. The van der Waals surface area contributed by atoms with Gasteiger partial charge in [0.1, 0.15) is 23.1 Å². The fourth-order valence-electron chi connectivity index (χ4n) is 2.39. The highest BCUT2D eigenvalue weighted by molar-refractivity contribution is 7.92. The molecule has 0 aliphatic carbocycles. The number of ketones is 1. The number of sulfone groups is 1. The first kappa shape index (κ1) is 20.6. The third-order valence-corrected chi connectivity index (χ3v) is 5.05. The van der Waals surface area contributed by atoms with Crippen LogP contribution in [-0.2, 0) is 14.6 Å². The average molecular weight is 393 g/mol. The maximum absolute atomic E-state index is 13.3. The highest BCUT2D eigenvalue weighted by Gasteiger charge is 2.22. The van der Waals surface area contributed by atoms with Crippen LogP contribution in [0.4, 0.5) is 10.1 Å². The number of benzene rings is 2. The van der Waals surface area contributed by atoms with Crippen molar-refractivity contribution in [1.82, 2.24) is 0 Å². The number of rotatable bonds is 8. The number of hydrogen-bond acceptors (Lipinski definition) is 5. The van der Waals surface area contributed by atoms with E-state index in [1.54, 1.807) is 31.2 Å². The lowest BCUT2D eigenvalue weighted by molar-refractivity contribution is -0.113. The van der Waals surface area contributed by atoms with Crippen LogP contribution in [0.1, 0.15) is 22.8 Å². The molecule has 6 nitrogen and oxygen atoms in total. The molecule has 0 radical (unpaired) electrons. The molecule has 1 N–H and O–H groups in total. The van der Waals surface area contributed by atoms with Gasteiger partial charge in [0.05, 0.1) is 12.3 Å². The Morgan fingerprint density at radius 2 is 1.81 bits per heavy atom. The zero-order valence-corrected chi connectivity index (χ0v) is 15.8. The number of carbonyl (C=O) groups excluding carboxylic acids is 2. The first-order valence-corrected chi connectivity index (χ1v) is 10.1. The zero-order valence-electron chi connectivity index (χ0n) is 15.0. The topological polar surface area (TPSA) is 89.5 Å². The van der Waals surface area contributed by atoms with Crippen molar-refractivity contribution in [1.29, 1.82) is 0 Å². The van der Waals surface area contributed by atoms with Gasteiger partial charge in [-0.15, -0.1) is 0 Å². The molecule has 0 fully saturated rings. The smallest absolute Gasteiger partial charge is 0.239 e. The Hall–Kier alpha value is -2.74. The number of carbonyl (C=O) groups is 2. The maximum Gasteiger partial charge on any atom is 0.239 e. The molecule has 0 atom stereocenters. The normalized spacial score (nSPS) is 11.1. The van der Waals surface area contributed by atoms with Crippen molar-refractivity contribution >= 4 is 27.2 Å². The Kier molecular flexibility index (Phi) is 6.68. The number of aryl methyl sites for hydroxylation is 1. The minimum atomic E-state index is -3.99. The Balaban J connectivity index is 2.04. The molecule has 2 rings (SSSR count). The molecule has 2 aromatic rings. The molecule has 144 valence electrons. The Bertz CT molecular complexity index is 956. The summed E-state index contributed by atoms with van der Waals surface area (Å²) in [6.07, 6.45) is 0. The lowest BCUT2D eigenvalue weighted by Crippen LogP contribution is -2.28. The molecule has 0 unspecified atom stereocenters. The van der Waals surface area contributed by atoms with E-state index < -0.39 is 38.9 Å². The van der Waals surface area contributed by atoms with Gasteiger partial charge in [-0.3, -0.25) is 9.59 Å². The molecule has 1 amide bonds. The van der Waals surface area contributed by atoms with Crippen molar-refractivity contribution in [3.05, 3.63) is 59.4 Å². The monoisotopic (exact) mass is 393 g/mol. The predicted octanol–water partition coefficient (Wildman–Crippen LogP) is 2.77. The van der Waals surface area contributed by atoms with Gasteiger partial charge < -0.3 is 10.1 Å². The van der Waals surface area contributed by atoms with Gasteiger partial charge in [0, 0.05) is 5.56 Å². The third kappa shape index (κ3) is 5.89. The van der Waals surface area contributed by atoms with E-state index in [9.17, 15) is 22.4 Å². The van der Waals surface area contributed by atoms with E-state index in [2.05, 4.69) is 5.32 Å². The second kappa shape index (κ2) is 8.77. The molecule has 0 bridgehead atoms. The molecule has 2 aromatic carbocycles. The second-order valence-electron chi connectivity index (χ2n) is 5.90. The van der Waals surface area contributed by atoms with Crippen molar-refractivity contribution in [3.63, 3.8) is 0 Å². The van der Waals surface area contributed by atoms with Gasteiger partial charge in [-0.2, -0.15) is 0 Å². The molecule has 0 aromatic heterocycles. The molecule has 0 saturated heterocycles. The quantitative estimate of drug-likeness (QED) is 0.697. The fourth-order valence-corrected chi connectivity index (χ4v) is 3.53. The van der Waals surface area contributed by atoms with E-state index in [-0.39, 0.29) is 11.1 Å². The van der Waals surface area contributed by atoms with Crippen LogP contribution in [-0.4, -0.2) is 38.2 Å². The zero-order chi connectivity index (χ0) is 20.0. The summed E-state index contributed by atoms with van der Waals surface area (Å²) in [7, 11) is -3.99. The molecule has 0 heterocycles. The summed E-state index contributed by atoms with van der Waals surface area (Å²) in [4.78, 5) is 24.2. The Morgan fingerprint density at radius 1 is 1.11 bits per heavy atom. The summed E-state index contributed by atoms with van der Waals surface area (Å²) in [6, 6.07) is 10.2. The molecule has 0 saturated carbocycles. The molecule has 0 aliphatic rings. The number of amides is 1. The molecular weight excluding hydrogens is 373 g/mol. The molecular formula is C19H20FNO5S. The Labute approximate surface area is 157 Å². The lowest BCUT2D eigenvalue weighted by Gasteiger charge is -2.11. The van der Waals surface area contributed by atoms with Gasteiger partial charge in [0.15, 0.2) is 15.6 Å². The van der Waals surface area contributed by atoms with Crippen molar-refractivity contribution in [2.75, 3.05) is 23.4 Å². The number of halogens is 1. The highest BCUT2D eigenvalue weighted by atomic mass is 32.2. The van der Waals surface area contributed by atoms with Gasteiger partial charge in [0.25, 0.3) is 0 Å². The molecule has 0 spiro atoms. The number of Topliss-reactive ketones (excluding diaryl/α,β-unsaturated/α-hetero) is 1. The average Bonchev–Trinajstić information content (AvgIpc) is 2.58. The van der Waals surface area contributed by atoms with Crippen LogP contribution in [0.15, 0.2) is 42.5 Å². The van der Waals surface area contributed by atoms with Gasteiger partial charge in [-0.1, -0.05) is 12.1 Å². The van der Waals surface area contributed by atoms with Gasteiger partial charge in [0.2, 0.25) is 5.91 Å². The predicted molar refractivity (Wildman–Crippen MR) is 100 cm³/mol. The summed E-state index contributed by atoms with van der Waals surface area (Å²) < 4.78 is 43.0. The minimum absolute atomic E-state index is 0.0829. The van der Waals surface area contributed by atoms with Crippen LogP contribution >= 0.6 is 0 Å². The van der Waals surface area contributed by atoms with E-state index in [1.807, 2.05) is 0 Å². The van der Waals surface area contributed by atoms with Crippen LogP contribution in [0.3, 0.4) is 0 Å². The lowest BCUT2D eigenvalue weighted by atomic mass is 10.1. The van der Waals surface area contributed by atoms with Crippen molar-refractivity contribution < 1.29 is 27.1 Å². The van der Waals surface area contributed by atoms with Gasteiger partial charge in [-0.05, 0) is 49.7 Å². The Morgan fingerprint density at radius 3 is 2.48 bits per heavy atom. The summed E-state index contributed by atoms with van der Waals surface area (Å²) in [6.45, 7) is 3.65. The number of nitrogens with one attached hydrogen (secondary N) is 1. The summed E-state index contributed by atoms with van der Waals surface area (Å²) >= 11 is 0. The molecule has 27 heavy (non-hydrogen) atoms. The van der Waals surface area contributed by atoms with E-state index in [1.165, 1.54) is 19.1 Å². The largest absolute Gasteiger partial charge is 0.492 e. The summed E-state index contributed by atoms with van der Waals surface area (Å²) in [5.41, 5.74) is 0.670. The van der Waals surface area contributed by atoms with E-state index in [0.717, 1.165) is 6.07 Å².